The monoisotopic (exact) mass is 506 g/mol. The van der Waals surface area contributed by atoms with E-state index in [1.54, 1.807) is 0 Å². The van der Waals surface area contributed by atoms with E-state index in [1.165, 1.54) is 37.8 Å². The van der Waals surface area contributed by atoms with Gasteiger partial charge in [0.1, 0.15) is 5.82 Å². The molecule has 2 aromatic rings. The maximum absolute atomic E-state index is 14.8. The molecule has 0 saturated heterocycles. The van der Waals surface area contributed by atoms with Gasteiger partial charge in [-0.1, -0.05) is 30.4 Å². The molecule has 0 aromatic heterocycles. The van der Waals surface area contributed by atoms with Crippen molar-refractivity contribution in [3.63, 3.8) is 0 Å². The predicted octanol–water partition coefficient (Wildman–Crippen LogP) is 8.67. The van der Waals surface area contributed by atoms with Gasteiger partial charge in [0.25, 0.3) is 0 Å². The van der Waals surface area contributed by atoms with Crippen molar-refractivity contribution >= 4 is 0 Å². The number of alkyl halides is 3. The van der Waals surface area contributed by atoms with E-state index >= 15 is 0 Å². The Hall–Kier alpha value is -2.88. The fourth-order valence-electron chi connectivity index (χ4n) is 5.76. The highest BCUT2D eigenvalue weighted by molar-refractivity contribution is 5.47. The molecule has 2 aliphatic carbocycles. The van der Waals surface area contributed by atoms with Crippen LogP contribution in [-0.2, 0) is 0 Å². The predicted molar refractivity (Wildman–Crippen MR) is 126 cm³/mol. The fourth-order valence-corrected chi connectivity index (χ4v) is 5.76. The zero-order chi connectivity index (χ0) is 25.9. The van der Waals surface area contributed by atoms with Gasteiger partial charge in [-0.3, -0.25) is 0 Å². The number of rotatable bonds is 5. The molecule has 4 rings (SSSR count). The molecule has 0 N–H and O–H groups in total. The number of halogens is 6. The molecular formula is C29H28F6O. The number of allylic oxidation sites excluding steroid dienone is 1. The molecule has 0 amide bonds. The molecular weight excluding hydrogens is 478 g/mol. The molecule has 0 heterocycles. The van der Waals surface area contributed by atoms with E-state index in [-0.39, 0.29) is 11.5 Å². The van der Waals surface area contributed by atoms with Crippen LogP contribution < -0.4 is 4.74 Å². The van der Waals surface area contributed by atoms with Crippen molar-refractivity contribution in [1.29, 1.82) is 0 Å². The van der Waals surface area contributed by atoms with Crippen LogP contribution in [0.5, 0.6) is 5.75 Å². The highest BCUT2D eigenvalue weighted by Crippen LogP contribution is 2.48. The number of hydrogen-bond acceptors (Lipinski definition) is 1. The Morgan fingerprint density at radius 1 is 0.889 bits per heavy atom. The van der Waals surface area contributed by atoms with Crippen LogP contribution in [0.4, 0.5) is 26.3 Å². The lowest BCUT2D eigenvalue weighted by atomic mass is 9.63. The molecule has 7 heteroatoms. The summed E-state index contributed by atoms with van der Waals surface area (Å²) in [5.74, 6) is 1.98. The standard InChI is InChI=1S/C29H28F6O/c1-2-3-4-18-5-6-22-16-23(12-11-21(22)15-18)24-10-8-19(25(30)17-24)7-9-20-13-14-26(28(32)27(20)31)36-29(33,34)35/h2,8,10,13-14,17-18,21-23H,1,3-6,11-12,15-16H2. The van der Waals surface area contributed by atoms with Crippen LogP contribution >= 0.6 is 0 Å². The van der Waals surface area contributed by atoms with Crippen molar-refractivity contribution < 1.29 is 31.1 Å². The van der Waals surface area contributed by atoms with Gasteiger partial charge in [0.2, 0.25) is 5.82 Å². The van der Waals surface area contributed by atoms with Gasteiger partial charge in [-0.25, -0.2) is 8.78 Å². The quantitative estimate of drug-likeness (QED) is 0.224. The summed E-state index contributed by atoms with van der Waals surface area (Å²) in [7, 11) is 0. The van der Waals surface area contributed by atoms with Crippen molar-refractivity contribution in [3.05, 3.63) is 77.1 Å². The molecule has 1 nitrogen and oxygen atoms in total. The first-order chi connectivity index (χ1) is 17.1. The fraction of sp³-hybridized carbons (Fsp3) is 0.448. The number of fused-ring (bicyclic) bond motifs is 1. The normalized spacial score (nSPS) is 23.8. The summed E-state index contributed by atoms with van der Waals surface area (Å²) in [4.78, 5) is 0. The van der Waals surface area contributed by atoms with Gasteiger partial charge in [0, 0.05) is 0 Å². The van der Waals surface area contributed by atoms with Gasteiger partial charge in [-0.05, 0) is 98.4 Å². The van der Waals surface area contributed by atoms with Crippen molar-refractivity contribution in [2.45, 2.75) is 63.6 Å². The van der Waals surface area contributed by atoms with Gasteiger partial charge in [0.15, 0.2) is 11.6 Å². The Morgan fingerprint density at radius 3 is 2.31 bits per heavy atom. The summed E-state index contributed by atoms with van der Waals surface area (Å²) in [5.41, 5.74) is 0.425. The topological polar surface area (TPSA) is 9.23 Å². The van der Waals surface area contributed by atoms with E-state index in [0.29, 0.717) is 12.0 Å². The average Bonchev–Trinajstić information content (AvgIpc) is 2.84. The smallest absolute Gasteiger partial charge is 0.403 e. The van der Waals surface area contributed by atoms with E-state index in [9.17, 15) is 26.3 Å². The first kappa shape index (κ1) is 26.2. The van der Waals surface area contributed by atoms with E-state index in [0.717, 1.165) is 49.1 Å². The lowest BCUT2D eigenvalue weighted by Gasteiger charge is -2.42. The first-order valence-corrected chi connectivity index (χ1v) is 12.3. The van der Waals surface area contributed by atoms with Crippen molar-refractivity contribution in [1.82, 2.24) is 0 Å². The molecule has 4 atom stereocenters. The molecule has 4 unspecified atom stereocenters. The molecule has 2 fully saturated rings. The second-order valence-corrected chi connectivity index (χ2v) is 9.85. The maximum atomic E-state index is 14.8. The van der Waals surface area contributed by atoms with Crippen molar-refractivity contribution in [2.75, 3.05) is 0 Å². The summed E-state index contributed by atoms with van der Waals surface area (Å²) in [6.07, 6.45) is 6.03. The molecule has 2 saturated carbocycles. The zero-order valence-corrected chi connectivity index (χ0v) is 19.8. The van der Waals surface area contributed by atoms with E-state index in [4.69, 9.17) is 0 Å². The highest BCUT2D eigenvalue weighted by atomic mass is 19.4. The van der Waals surface area contributed by atoms with Gasteiger partial charge >= 0.3 is 6.36 Å². The van der Waals surface area contributed by atoms with Crippen LogP contribution in [0, 0.1) is 47.0 Å². The Balaban J connectivity index is 1.43. The maximum Gasteiger partial charge on any atom is 0.573 e. The van der Waals surface area contributed by atoms with Crippen LogP contribution in [0.2, 0.25) is 0 Å². The van der Waals surface area contributed by atoms with Crippen molar-refractivity contribution in [2.24, 2.45) is 17.8 Å². The zero-order valence-electron chi connectivity index (χ0n) is 19.8. The van der Waals surface area contributed by atoms with Crippen LogP contribution in [0.15, 0.2) is 43.0 Å². The Morgan fingerprint density at radius 2 is 1.58 bits per heavy atom. The molecule has 0 bridgehead atoms. The Labute approximate surface area is 207 Å². The molecule has 192 valence electrons. The lowest BCUT2D eigenvalue weighted by Crippen LogP contribution is -2.30. The largest absolute Gasteiger partial charge is 0.573 e. The number of ether oxygens (including phenoxy) is 1. The van der Waals surface area contributed by atoms with Gasteiger partial charge in [-0.15, -0.1) is 19.8 Å². The second-order valence-electron chi connectivity index (χ2n) is 9.85. The van der Waals surface area contributed by atoms with Gasteiger partial charge < -0.3 is 4.74 Å². The SMILES string of the molecule is C=CCCC1CCC2CC(c3ccc(C#Cc4ccc(OC(F)(F)F)c(F)c4F)c(F)c3)CCC2C1. The molecule has 0 aliphatic heterocycles. The van der Waals surface area contributed by atoms with E-state index < -0.39 is 35.1 Å². The van der Waals surface area contributed by atoms with Crippen LogP contribution in [0.25, 0.3) is 0 Å². The Bertz CT molecular complexity index is 1160. The number of hydrogen-bond donors (Lipinski definition) is 0. The summed E-state index contributed by atoms with van der Waals surface area (Å²) >= 11 is 0. The third-order valence-corrected chi connectivity index (χ3v) is 7.57. The van der Waals surface area contributed by atoms with Gasteiger partial charge in [-0.2, -0.15) is 4.39 Å². The summed E-state index contributed by atoms with van der Waals surface area (Å²) in [6.45, 7) is 3.82. The van der Waals surface area contributed by atoms with Gasteiger partial charge in [0.05, 0.1) is 11.1 Å². The average molecular weight is 507 g/mol. The third kappa shape index (κ3) is 6.27. The minimum absolute atomic E-state index is 0.00518. The second kappa shape index (κ2) is 11.0. The minimum atomic E-state index is -5.16. The first-order valence-electron chi connectivity index (χ1n) is 12.3. The highest BCUT2D eigenvalue weighted by Gasteiger charge is 2.36. The van der Waals surface area contributed by atoms with E-state index in [2.05, 4.69) is 23.2 Å². The van der Waals surface area contributed by atoms with Crippen LogP contribution in [-0.4, -0.2) is 6.36 Å². The molecule has 0 spiro atoms. The minimum Gasteiger partial charge on any atom is -0.403 e. The van der Waals surface area contributed by atoms with E-state index in [1.807, 2.05) is 12.1 Å². The van der Waals surface area contributed by atoms with Crippen molar-refractivity contribution in [3.8, 4) is 17.6 Å². The summed E-state index contributed by atoms with van der Waals surface area (Å²) < 4.78 is 83.2. The molecule has 0 radical (unpaired) electrons. The Kier molecular flexibility index (Phi) is 8.02. The molecule has 2 aromatic carbocycles. The molecule has 36 heavy (non-hydrogen) atoms. The van der Waals surface area contributed by atoms with Crippen LogP contribution in [0.3, 0.4) is 0 Å². The van der Waals surface area contributed by atoms with Crippen LogP contribution in [0.1, 0.15) is 74.0 Å². The third-order valence-electron chi connectivity index (χ3n) is 7.57. The molecule has 2 aliphatic rings. The lowest BCUT2D eigenvalue weighted by molar-refractivity contribution is -0.275. The summed E-state index contributed by atoms with van der Waals surface area (Å²) in [6, 6.07) is 6.31. The summed E-state index contributed by atoms with van der Waals surface area (Å²) in [5, 5.41) is 0. The number of benzene rings is 2.